The standard InChI is InChI=1S/C2HN2S.CH2O2.Na/c1-2-5-4-3-1;2-1-3;/h2H;1H,(H,2,3);. The number of carboxylic acid groups (broad SMARTS) is 1. The zero-order valence-electron chi connectivity index (χ0n) is 4.81. The molecule has 44 valence electrons. The Kier molecular flexibility index (Phi) is 6.18. The number of hydrogen-bond donors (Lipinski definition) is 1. The molecule has 0 amide bonds. The second-order valence-corrected chi connectivity index (χ2v) is 2.79. The molecule has 0 aliphatic carbocycles. The molecule has 0 fully saturated rings. The van der Waals surface area contributed by atoms with Crippen LogP contribution in [0.1, 0.15) is 0 Å². The summed E-state index contributed by atoms with van der Waals surface area (Å²) in [5.74, 6) is 0. The zero-order valence-corrected chi connectivity index (χ0v) is 7.63. The van der Waals surface area contributed by atoms with Crippen LogP contribution in [-0.4, -0.2) is 49.1 Å². The molecule has 1 N–H and O–H groups in total. The first-order valence-electron chi connectivity index (χ1n) is 2.12. The van der Waals surface area contributed by atoms with Crippen LogP contribution in [0.15, 0.2) is 5.38 Å². The zero-order chi connectivity index (χ0) is 7.11. The van der Waals surface area contributed by atoms with Crippen molar-refractivity contribution in [2.24, 2.45) is 0 Å². The van der Waals surface area contributed by atoms with Crippen LogP contribution in [-0.2, 0) is 4.79 Å². The molecule has 0 aliphatic heterocycles. The Hall–Kier alpha value is 0.0300. The van der Waals surface area contributed by atoms with Crippen LogP contribution in [0.2, 0.25) is 0 Å². The van der Waals surface area contributed by atoms with Gasteiger partial charge in [-0.2, -0.15) is 0 Å². The Morgan fingerprint density at radius 2 is 2.44 bits per heavy atom. The third kappa shape index (κ3) is 5.91. The van der Waals surface area contributed by atoms with Crippen LogP contribution < -0.4 is 2.94 Å². The molecule has 0 unspecified atom stereocenters. The van der Waals surface area contributed by atoms with Crippen LogP contribution in [0.5, 0.6) is 0 Å². The second-order valence-electron chi connectivity index (χ2n) is 1.15. The van der Waals surface area contributed by atoms with Crippen molar-refractivity contribution in [1.29, 1.82) is 0 Å². The first-order chi connectivity index (χ1) is 4.31. The summed E-state index contributed by atoms with van der Waals surface area (Å²) in [6.45, 7) is -0.250. The molecular formula is C3H3N2NaO2S. The fraction of sp³-hybridized carbons (Fsp3) is 0. The maximum atomic E-state index is 8.36. The SMILES string of the molecule is O=CO.[Na][c]1csnn1. The van der Waals surface area contributed by atoms with E-state index in [9.17, 15) is 0 Å². The Balaban J connectivity index is 0.000000187. The molecule has 1 aromatic heterocycles. The first-order valence-corrected chi connectivity index (χ1v) is 3.96. The average molecular weight is 154 g/mol. The molecule has 0 saturated carbocycles. The van der Waals surface area contributed by atoms with Crippen molar-refractivity contribution in [3.05, 3.63) is 5.38 Å². The van der Waals surface area contributed by atoms with Gasteiger partial charge in [0.2, 0.25) is 0 Å². The van der Waals surface area contributed by atoms with Gasteiger partial charge in [0.15, 0.2) is 0 Å². The van der Waals surface area contributed by atoms with Crippen molar-refractivity contribution in [3.63, 3.8) is 0 Å². The third-order valence-electron chi connectivity index (χ3n) is 0.469. The van der Waals surface area contributed by atoms with Gasteiger partial charge in [-0.3, -0.25) is 4.79 Å². The van der Waals surface area contributed by atoms with Crippen molar-refractivity contribution >= 4 is 48.9 Å². The molecular weight excluding hydrogens is 151 g/mol. The Labute approximate surface area is 73.5 Å². The van der Waals surface area contributed by atoms with Crippen molar-refractivity contribution < 1.29 is 9.90 Å². The van der Waals surface area contributed by atoms with E-state index >= 15 is 0 Å². The second kappa shape index (κ2) is 6.15. The average Bonchev–Trinajstić information content (AvgIpc) is 2.20. The summed E-state index contributed by atoms with van der Waals surface area (Å²) >= 11 is 2.45. The van der Waals surface area contributed by atoms with Gasteiger partial charge in [0.25, 0.3) is 6.47 Å². The van der Waals surface area contributed by atoms with Gasteiger partial charge in [0.1, 0.15) is 0 Å². The van der Waals surface area contributed by atoms with Gasteiger partial charge in [-0.1, -0.05) is 0 Å². The predicted molar refractivity (Wildman–Crippen MR) is 34.0 cm³/mol. The van der Waals surface area contributed by atoms with Gasteiger partial charge in [-0.25, -0.2) is 0 Å². The van der Waals surface area contributed by atoms with Crippen LogP contribution in [0, 0.1) is 0 Å². The molecule has 1 rings (SSSR count). The molecule has 0 bridgehead atoms. The molecule has 0 aliphatic rings. The summed E-state index contributed by atoms with van der Waals surface area (Å²) in [4.78, 5) is 8.36. The van der Waals surface area contributed by atoms with Crippen LogP contribution in [0.4, 0.5) is 0 Å². The summed E-state index contributed by atoms with van der Waals surface area (Å²) in [6.07, 6.45) is 0. The van der Waals surface area contributed by atoms with Gasteiger partial charge in [-0.15, -0.1) is 0 Å². The Bertz CT molecular complexity index is 155. The van der Waals surface area contributed by atoms with Crippen molar-refractivity contribution in [2.45, 2.75) is 0 Å². The molecule has 0 radical (unpaired) electrons. The van der Waals surface area contributed by atoms with E-state index in [-0.39, 0.29) is 6.47 Å². The Morgan fingerprint density at radius 1 is 1.89 bits per heavy atom. The molecule has 1 heterocycles. The van der Waals surface area contributed by atoms with Gasteiger partial charge in [0, 0.05) is 0 Å². The number of aromatic nitrogens is 2. The quantitative estimate of drug-likeness (QED) is 0.386. The van der Waals surface area contributed by atoms with Crippen molar-refractivity contribution in [3.8, 4) is 0 Å². The van der Waals surface area contributed by atoms with Gasteiger partial charge in [0.05, 0.1) is 0 Å². The van der Waals surface area contributed by atoms with Crippen LogP contribution in [0.3, 0.4) is 0 Å². The van der Waals surface area contributed by atoms with E-state index in [2.05, 4.69) is 9.59 Å². The van der Waals surface area contributed by atoms with Gasteiger partial charge >= 0.3 is 57.4 Å². The number of hydrogen-bond acceptors (Lipinski definition) is 4. The number of carbonyl (C=O) groups is 1. The van der Waals surface area contributed by atoms with E-state index in [1.165, 1.54) is 11.5 Å². The van der Waals surface area contributed by atoms with Gasteiger partial charge < -0.3 is 5.11 Å². The van der Waals surface area contributed by atoms with E-state index in [0.717, 1.165) is 30.9 Å². The first kappa shape index (κ1) is 9.03. The van der Waals surface area contributed by atoms with Crippen LogP contribution in [0.25, 0.3) is 0 Å². The summed E-state index contributed by atoms with van der Waals surface area (Å²) in [5, 5.41) is 12.6. The van der Waals surface area contributed by atoms with E-state index in [0.29, 0.717) is 0 Å². The molecule has 9 heavy (non-hydrogen) atoms. The predicted octanol–water partition coefficient (Wildman–Crippen LogP) is -0.967. The number of nitrogens with zero attached hydrogens (tertiary/aromatic N) is 2. The summed E-state index contributed by atoms with van der Waals surface area (Å²) in [7, 11) is 0. The van der Waals surface area contributed by atoms with Crippen molar-refractivity contribution in [2.75, 3.05) is 0 Å². The van der Waals surface area contributed by atoms with Crippen LogP contribution >= 0.6 is 11.5 Å². The fourth-order valence-electron chi connectivity index (χ4n) is 0.211. The molecule has 1 aromatic rings. The molecule has 0 aromatic carbocycles. The molecule has 4 nitrogen and oxygen atoms in total. The maximum absolute atomic E-state index is 8.36. The monoisotopic (exact) mass is 154 g/mol. The third-order valence-corrected chi connectivity index (χ3v) is 2.00. The molecule has 0 saturated heterocycles. The fourth-order valence-corrected chi connectivity index (χ4v) is 1.20. The molecule has 0 atom stereocenters. The molecule has 6 heteroatoms. The normalized spacial score (nSPS) is 7.33. The van der Waals surface area contributed by atoms with E-state index in [4.69, 9.17) is 9.90 Å². The van der Waals surface area contributed by atoms with E-state index < -0.39 is 0 Å². The van der Waals surface area contributed by atoms with Crippen molar-refractivity contribution in [1.82, 2.24) is 9.59 Å². The minimum atomic E-state index is -0.250. The van der Waals surface area contributed by atoms with E-state index in [1.54, 1.807) is 0 Å². The summed E-state index contributed by atoms with van der Waals surface area (Å²) in [6, 6.07) is 0. The molecule has 0 spiro atoms. The van der Waals surface area contributed by atoms with E-state index in [1.807, 2.05) is 5.38 Å². The topological polar surface area (TPSA) is 63.1 Å². The Morgan fingerprint density at radius 3 is 2.56 bits per heavy atom. The minimum absolute atomic E-state index is 0.250. The summed E-state index contributed by atoms with van der Waals surface area (Å²) < 4.78 is 4.79. The van der Waals surface area contributed by atoms with Gasteiger partial charge in [-0.05, 0) is 0 Å². The number of rotatable bonds is 0. The summed E-state index contributed by atoms with van der Waals surface area (Å²) in [5.41, 5.74) is 0.